The van der Waals surface area contributed by atoms with E-state index >= 15 is 0 Å². The minimum atomic E-state index is -0.290. The first-order chi connectivity index (χ1) is 15.6. The van der Waals surface area contributed by atoms with Gasteiger partial charge in [-0.05, 0) is 62.5 Å². The summed E-state index contributed by atoms with van der Waals surface area (Å²) in [5.41, 5.74) is 3.39. The molecule has 1 fully saturated rings. The Kier molecular flexibility index (Phi) is 7.22. The van der Waals surface area contributed by atoms with E-state index in [4.69, 9.17) is 0 Å². The van der Waals surface area contributed by atoms with Gasteiger partial charge in [0, 0.05) is 25.2 Å². The summed E-state index contributed by atoms with van der Waals surface area (Å²) < 4.78 is 13.0. The highest BCUT2D eigenvalue weighted by Crippen LogP contribution is 2.26. The monoisotopic (exact) mass is 432 g/mol. The summed E-state index contributed by atoms with van der Waals surface area (Å²) in [7, 11) is 0. The highest BCUT2D eigenvalue weighted by atomic mass is 19.1. The van der Waals surface area contributed by atoms with Gasteiger partial charge >= 0.3 is 0 Å². The second-order valence-electron chi connectivity index (χ2n) is 8.39. The lowest BCUT2D eigenvalue weighted by molar-refractivity contribution is 0.0949. The predicted octanol–water partition coefficient (Wildman–Crippen LogP) is 4.28. The lowest BCUT2D eigenvalue weighted by Crippen LogP contribution is -2.35. The number of rotatable bonds is 7. The van der Waals surface area contributed by atoms with E-state index in [1.54, 1.807) is 18.3 Å². The van der Waals surface area contributed by atoms with Gasteiger partial charge in [0.2, 0.25) is 0 Å². The molecule has 1 N–H and O–H groups in total. The number of aryl methyl sites for hydroxylation is 1. The molecule has 1 saturated heterocycles. The molecule has 1 aliphatic rings. The molecule has 0 aliphatic carbocycles. The maximum atomic E-state index is 13.0. The van der Waals surface area contributed by atoms with Gasteiger partial charge in [0.1, 0.15) is 11.6 Å². The van der Waals surface area contributed by atoms with E-state index in [0.717, 1.165) is 50.3 Å². The van der Waals surface area contributed by atoms with Gasteiger partial charge < -0.3 is 10.2 Å². The third-order valence-electron chi connectivity index (χ3n) is 6.12. The van der Waals surface area contributed by atoms with Gasteiger partial charge in [-0.25, -0.2) is 14.4 Å². The SMILES string of the molecule is Cc1nc(C2CCN(CCc3ccccc3)CC2)ncc1C(=O)NCc1ccc(F)cc1. The van der Waals surface area contributed by atoms with Crippen LogP contribution < -0.4 is 5.32 Å². The zero-order chi connectivity index (χ0) is 22.3. The van der Waals surface area contributed by atoms with Crippen molar-refractivity contribution < 1.29 is 9.18 Å². The predicted molar refractivity (Wildman–Crippen MR) is 123 cm³/mol. The van der Waals surface area contributed by atoms with Crippen LogP contribution >= 0.6 is 0 Å². The Hall–Kier alpha value is -3.12. The molecule has 166 valence electrons. The number of carbonyl (C=O) groups is 1. The van der Waals surface area contributed by atoms with Crippen molar-refractivity contribution in [2.45, 2.75) is 38.6 Å². The largest absolute Gasteiger partial charge is 0.348 e. The van der Waals surface area contributed by atoms with Crippen LogP contribution in [0.3, 0.4) is 0 Å². The van der Waals surface area contributed by atoms with Crippen molar-refractivity contribution >= 4 is 5.91 Å². The van der Waals surface area contributed by atoms with Crippen LogP contribution in [0.15, 0.2) is 60.8 Å². The molecule has 0 atom stereocenters. The average Bonchev–Trinajstić information content (AvgIpc) is 2.83. The van der Waals surface area contributed by atoms with Crippen LogP contribution in [0.4, 0.5) is 4.39 Å². The van der Waals surface area contributed by atoms with Crippen molar-refractivity contribution in [1.29, 1.82) is 0 Å². The Balaban J connectivity index is 1.28. The Morgan fingerprint density at radius 2 is 1.78 bits per heavy atom. The summed E-state index contributed by atoms with van der Waals surface area (Å²) in [6.45, 7) is 5.35. The summed E-state index contributed by atoms with van der Waals surface area (Å²) in [4.78, 5) is 24.3. The number of aromatic nitrogens is 2. The van der Waals surface area contributed by atoms with Gasteiger partial charge in [-0.1, -0.05) is 42.5 Å². The van der Waals surface area contributed by atoms with Gasteiger partial charge in [-0.15, -0.1) is 0 Å². The second kappa shape index (κ2) is 10.5. The van der Waals surface area contributed by atoms with Crippen LogP contribution in [0.25, 0.3) is 0 Å². The van der Waals surface area contributed by atoms with E-state index in [9.17, 15) is 9.18 Å². The zero-order valence-corrected chi connectivity index (χ0v) is 18.4. The van der Waals surface area contributed by atoms with Crippen LogP contribution in [0.1, 0.15) is 51.8 Å². The minimum absolute atomic E-state index is 0.214. The number of hydrogen-bond acceptors (Lipinski definition) is 4. The van der Waals surface area contributed by atoms with Crippen molar-refractivity contribution in [3.05, 3.63) is 94.8 Å². The Labute approximate surface area is 188 Å². The van der Waals surface area contributed by atoms with E-state index in [1.165, 1.54) is 17.7 Å². The number of nitrogens with zero attached hydrogens (tertiary/aromatic N) is 3. The van der Waals surface area contributed by atoms with E-state index in [-0.39, 0.29) is 11.7 Å². The number of piperidine rings is 1. The normalized spacial score (nSPS) is 14.9. The van der Waals surface area contributed by atoms with Crippen molar-refractivity contribution in [3.8, 4) is 0 Å². The fourth-order valence-electron chi connectivity index (χ4n) is 4.13. The maximum absolute atomic E-state index is 13.0. The molecule has 0 saturated carbocycles. The standard InChI is InChI=1S/C26H29FN4O/c1-19-24(26(32)29-17-21-7-9-23(27)10-8-21)18-28-25(30-19)22-12-15-31(16-13-22)14-11-20-5-3-2-4-6-20/h2-10,18,22H,11-17H2,1H3,(H,29,32). The summed E-state index contributed by atoms with van der Waals surface area (Å²) in [6, 6.07) is 16.7. The van der Waals surface area contributed by atoms with Crippen LogP contribution in [0, 0.1) is 12.7 Å². The molecule has 0 bridgehead atoms. The maximum Gasteiger partial charge on any atom is 0.254 e. The molecule has 1 amide bonds. The number of hydrogen-bond donors (Lipinski definition) is 1. The number of likely N-dealkylation sites (tertiary alicyclic amines) is 1. The molecule has 1 aromatic heterocycles. The minimum Gasteiger partial charge on any atom is -0.348 e. The molecule has 5 nitrogen and oxygen atoms in total. The second-order valence-corrected chi connectivity index (χ2v) is 8.39. The fraction of sp³-hybridized carbons (Fsp3) is 0.346. The van der Waals surface area contributed by atoms with Gasteiger partial charge in [-0.3, -0.25) is 4.79 Å². The van der Waals surface area contributed by atoms with Crippen molar-refractivity contribution in [2.75, 3.05) is 19.6 Å². The Morgan fingerprint density at radius 1 is 1.06 bits per heavy atom. The molecule has 1 aliphatic heterocycles. The van der Waals surface area contributed by atoms with E-state index < -0.39 is 0 Å². The smallest absolute Gasteiger partial charge is 0.254 e. The number of amides is 1. The van der Waals surface area contributed by atoms with E-state index in [2.05, 4.69) is 50.5 Å². The van der Waals surface area contributed by atoms with Crippen molar-refractivity contribution in [3.63, 3.8) is 0 Å². The van der Waals surface area contributed by atoms with Crippen molar-refractivity contribution in [2.24, 2.45) is 0 Å². The average molecular weight is 433 g/mol. The number of nitrogens with one attached hydrogen (secondary N) is 1. The molecule has 0 radical (unpaired) electrons. The van der Waals surface area contributed by atoms with Gasteiger partial charge in [0.15, 0.2) is 0 Å². The third kappa shape index (κ3) is 5.77. The lowest BCUT2D eigenvalue weighted by Gasteiger charge is -2.31. The summed E-state index contributed by atoms with van der Waals surface area (Å²) in [5, 5.41) is 2.86. The molecular weight excluding hydrogens is 403 g/mol. The topological polar surface area (TPSA) is 58.1 Å². The molecule has 3 aromatic rings. The molecular formula is C26H29FN4O. The van der Waals surface area contributed by atoms with Gasteiger partial charge in [0.25, 0.3) is 5.91 Å². The molecule has 6 heteroatoms. The van der Waals surface area contributed by atoms with Crippen LogP contribution in [-0.4, -0.2) is 40.4 Å². The van der Waals surface area contributed by atoms with E-state index in [1.807, 2.05) is 6.92 Å². The fourth-order valence-corrected chi connectivity index (χ4v) is 4.13. The van der Waals surface area contributed by atoms with Gasteiger partial charge in [0.05, 0.1) is 11.3 Å². The zero-order valence-electron chi connectivity index (χ0n) is 18.4. The van der Waals surface area contributed by atoms with Crippen LogP contribution in [-0.2, 0) is 13.0 Å². The van der Waals surface area contributed by atoms with Crippen LogP contribution in [0.5, 0.6) is 0 Å². The number of halogens is 1. The molecule has 0 unspecified atom stereocenters. The molecule has 4 rings (SSSR count). The summed E-state index contributed by atoms with van der Waals surface area (Å²) in [6.07, 6.45) is 4.77. The molecule has 2 aromatic carbocycles. The quantitative estimate of drug-likeness (QED) is 0.606. The number of benzene rings is 2. The molecule has 0 spiro atoms. The van der Waals surface area contributed by atoms with Gasteiger partial charge in [-0.2, -0.15) is 0 Å². The summed E-state index contributed by atoms with van der Waals surface area (Å²) >= 11 is 0. The third-order valence-corrected chi connectivity index (χ3v) is 6.12. The van der Waals surface area contributed by atoms with Crippen LogP contribution in [0.2, 0.25) is 0 Å². The van der Waals surface area contributed by atoms with E-state index in [0.29, 0.717) is 23.7 Å². The lowest BCUT2D eigenvalue weighted by atomic mass is 9.95. The Morgan fingerprint density at radius 3 is 2.47 bits per heavy atom. The first-order valence-electron chi connectivity index (χ1n) is 11.2. The molecule has 32 heavy (non-hydrogen) atoms. The highest BCUT2D eigenvalue weighted by molar-refractivity contribution is 5.94. The first-order valence-corrected chi connectivity index (χ1v) is 11.2. The Bertz CT molecular complexity index is 1030. The number of carbonyl (C=O) groups excluding carboxylic acids is 1. The van der Waals surface area contributed by atoms with Crippen molar-refractivity contribution in [1.82, 2.24) is 20.2 Å². The highest BCUT2D eigenvalue weighted by Gasteiger charge is 2.23. The molecule has 2 heterocycles. The summed E-state index contributed by atoms with van der Waals surface area (Å²) in [5.74, 6) is 0.661. The first kappa shape index (κ1) is 22.1.